The van der Waals surface area contributed by atoms with Crippen molar-refractivity contribution in [1.82, 2.24) is 0 Å². The number of carbonyl (C=O) groups is 2. The largest absolute Gasteiger partial charge is 0.481 e. The molecule has 0 aliphatic heterocycles. The maximum Gasteiger partial charge on any atom is 0.347 e. The predicted molar refractivity (Wildman–Crippen MR) is 73.8 cm³/mol. The highest BCUT2D eigenvalue weighted by molar-refractivity contribution is 7.55. The molecule has 22 heavy (non-hydrogen) atoms. The van der Waals surface area contributed by atoms with Gasteiger partial charge in [0.1, 0.15) is 0 Å². The predicted octanol–water partition coefficient (Wildman–Crippen LogP) is 0.227. The van der Waals surface area contributed by atoms with Crippen molar-refractivity contribution >= 4 is 38.5 Å². The Hall–Kier alpha value is -1.06. The third kappa shape index (κ3) is 3.47. The molecule has 0 radical (unpaired) electrons. The highest BCUT2D eigenvalue weighted by atomic mass is 32.1. The highest BCUT2D eigenvalue weighted by Crippen LogP contribution is 2.62. The summed E-state index contributed by atoms with van der Waals surface area (Å²) in [7, 11) is -10.9. The van der Waals surface area contributed by atoms with Gasteiger partial charge in [0.05, 0.1) is 0 Å². The lowest BCUT2D eigenvalue weighted by molar-refractivity contribution is -0.142. The standard InChI is InChI=1S/C9H12O10P2S/c10-7(11)6(20(14,15)16)3-9(8(12)13,21(17,18)19)5-1-2-22-4-5/h1-2,4,6H,3H2,(H,10,11)(H,12,13)(H2,14,15,16)(H2,17,18,19). The minimum Gasteiger partial charge on any atom is -0.481 e. The number of thiophene rings is 1. The Morgan fingerprint density at radius 2 is 1.73 bits per heavy atom. The van der Waals surface area contributed by atoms with Gasteiger partial charge in [-0.3, -0.25) is 18.7 Å². The molecular formula is C9H12O10P2S. The molecule has 2 atom stereocenters. The van der Waals surface area contributed by atoms with Crippen molar-refractivity contribution < 1.29 is 48.5 Å². The second-order valence-corrected chi connectivity index (χ2v) is 8.80. The van der Waals surface area contributed by atoms with Crippen LogP contribution in [-0.4, -0.2) is 47.4 Å². The van der Waals surface area contributed by atoms with Crippen LogP contribution in [0.5, 0.6) is 0 Å². The third-order valence-electron chi connectivity index (χ3n) is 3.03. The van der Waals surface area contributed by atoms with Crippen LogP contribution in [0, 0.1) is 0 Å². The molecule has 0 saturated heterocycles. The van der Waals surface area contributed by atoms with Gasteiger partial charge in [0, 0.05) is 6.42 Å². The van der Waals surface area contributed by atoms with Gasteiger partial charge < -0.3 is 29.8 Å². The maximum absolute atomic E-state index is 11.8. The number of carboxylic acids is 2. The normalized spacial score (nSPS) is 16.7. The van der Waals surface area contributed by atoms with Crippen molar-refractivity contribution in [3.63, 3.8) is 0 Å². The van der Waals surface area contributed by atoms with Crippen LogP contribution in [0.4, 0.5) is 0 Å². The van der Waals surface area contributed by atoms with E-state index in [2.05, 4.69) is 0 Å². The maximum atomic E-state index is 11.8. The first-order valence-electron chi connectivity index (χ1n) is 5.43. The molecule has 13 heteroatoms. The summed E-state index contributed by atoms with van der Waals surface area (Å²) in [6, 6.07) is 1.05. The van der Waals surface area contributed by atoms with Gasteiger partial charge >= 0.3 is 27.1 Å². The number of hydrogen-bond acceptors (Lipinski definition) is 5. The van der Waals surface area contributed by atoms with E-state index in [9.17, 15) is 33.6 Å². The molecule has 0 aliphatic rings. The summed E-state index contributed by atoms with van der Waals surface area (Å²) in [5.74, 6) is -4.12. The molecule has 1 aromatic heterocycles. The average Bonchev–Trinajstić information content (AvgIpc) is 2.78. The molecule has 0 aromatic carbocycles. The summed E-state index contributed by atoms with van der Waals surface area (Å²) in [4.78, 5) is 59.5. The Balaban J connectivity index is 3.59. The van der Waals surface area contributed by atoms with Gasteiger partial charge in [0.2, 0.25) is 0 Å². The SMILES string of the molecule is O=C(O)C(CC(C(=O)O)(c1ccsc1)P(=O)(O)O)P(=O)(O)O. The van der Waals surface area contributed by atoms with E-state index in [1.54, 1.807) is 0 Å². The van der Waals surface area contributed by atoms with E-state index in [0.29, 0.717) is 0 Å². The van der Waals surface area contributed by atoms with E-state index in [1.165, 1.54) is 5.38 Å². The summed E-state index contributed by atoms with van der Waals surface area (Å²) in [5, 5.41) is 17.5. The Labute approximate surface area is 127 Å². The summed E-state index contributed by atoms with van der Waals surface area (Å²) < 4.78 is 23.0. The van der Waals surface area contributed by atoms with Gasteiger partial charge in [-0.1, -0.05) is 0 Å². The van der Waals surface area contributed by atoms with E-state index < -0.39 is 49.9 Å². The first-order chi connectivity index (χ1) is 9.84. The first-order valence-corrected chi connectivity index (χ1v) is 9.67. The fourth-order valence-corrected chi connectivity index (χ4v) is 4.78. The average molecular weight is 374 g/mol. The molecule has 0 fully saturated rings. The zero-order chi connectivity index (χ0) is 17.3. The molecule has 1 rings (SSSR count). The quantitative estimate of drug-likeness (QED) is 0.360. The van der Waals surface area contributed by atoms with E-state index in [4.69, 9.17) is 14.9 Å². The number of rotatable bonds is 7. The van der Waals surface area contributed by atoms with Gasteiger partial charge in [-0.15, -0.1) is 0 Å². The molecule has 124 valence electrons. The molecule has 0 saturated carbocycles. The van der Waals surface area contributed by atoms with Gasteiger partial charge in [-0.2, -0.15) is 11.3 Å². The van der Waals surface area contributed by atoms with Crippen LogP contribution in [0.15, 0.2) is 16.8 Å². The zero-order valence-corrected chi connectivity index (χ0v) is 13.2. The number of aliphatic carboxylic acids is 2. The van der Waals surface area contributed by atoms with Crippen LogP contribution in [0.1, 0.15) is 12.0 Å². The smallest absolute Gasteiger partial charge is 0.347 e. The Morgan fingerprint density at radius 1 is 1.18 bits per heavy atom. The minimum absolute atomic E-state index is 0.418. The molecule has 10 nitrogen and oxygen atoms in total. The van der Waals surface area contributed by atoms with Crippen LogP contribution in [-0.2, 0) is 23.9 Å². The van der Waals surface area contributed by atoms with Crippen LogP contribution >= 0.6 is 26.5 Å². The molecule has 6 N–H and O–H groups in total. The fraction of sp³-hybridized carbons (Fsp3) is 0.333. The van der Waals surface area contributed by atoms with Crippen molar-refractivity contribution in [2.75, 3.05) is 0 Å². The molecule has 1 heterocycles. The molecule has 0 spiro atoms. The van der Waals surface area contributed by atoms with Crippen LogP contribution in [0.2, 0.25) is 0 Å². The molecule has 0 aliphatic carbocycles. The topological polar surface area (TPSA) is 190 Å². The number of carboxylic acid groups (broad SMARTS) is 2. The summed E-state index contributed by atoms with van der Waals surface area (Å²) >= 11 is 0.895. The molecule has 2 unspecified atom stereocenters. The first kappa shape index (κ1) is 19.0. The molecule has 0 amide bonds. The van der Waals surface area contributed by atoms with E-state index in [-0.39, 0.29) is 0 Å². The van der Waals surface area contributed by atoms with Crippen molar-refractivity contribution in [2.45, 2.75) is 17.2 Å². The Morgan fingerprint density at radius 3 is 2.00 bits per heavy atom. The van der Waals surface area contributed by atoms with Crippen molar-refractivity contribution in [3.05, 3.63) is 22.4 Å². The van der Waals surface area contributed by atoms with Gasteiger partial charge in [0.15, 0.2) is 10.8 Å². The lowest BCUT2D eigenvalue weighted by atomic mass is 9.95. The van der Waals surface area contributed by atoms with Gasteiger partial charge in [-0.25, -0.2) is 0 Å². The van der Waals surface area contributed by atoms with Gasteiger partial charge in [0.25, 0.3) is 0 Å². The number of hydrogen-bond donors (Lipinski definition) is 6. The summed E-state index contributed by atoms with van der Waals surface area (Å²) in [5.41, 5.74) is -2.99. The van der Waals surface area contributed by atoms with Crippen LogP contribution < -0.4 is 0 Å². The molecule has 0 bridgehead atoms. The summed E-state index contributed by atoms with van der Waals surface area (Å²) in [6.07, 6.45) is -1.46. The lowest BCUT2D eigenvalue weighted by Crippen LogP contribution is -2.41. The van der Waals surface area contributed by atoms with E-state index in [0.717, 1.165) is 22.8 Å². The third-order valence-corrected chi connectivity index (χ3v) is 6.55. The molecular weight excluding hydrogens is 362 g/mol. The van der Waals surface area contributed by atoms with Gasteiger partial charge in [-0.05, 0) is 22.4 Å². The van der Waals surface area contributed by atoms with E-state index >= 15 is 0 Å². The second kappa shape index (κ2) is 6.21. The Bertz CT molecular complexity index is 658. The minimum atomic E-state index is -5.51. The Kier molecular flexibility index (Phi) is 5.36. The van der Waals surface area contributed by atoms with Crippen LogP contribution in [0.3, 0.4) is 0 Å². The molecule has 1 aromatic rings. The van der Waals surface area contributed by atoms with Crippen molar-refractivity contribution in [3.8, 4) is 0 Å². The van der Waals surface area contributed by atoms with Crippen molar-refractivity contribution in [1.29, 1.82) is 0 Å². The highest BCUT2D eigenvalue weighted by Gasteiger charge is 2.59. The second-order valence-electron chi connectivity index (χ2n) is 4.37. The monoisotopic (exact) mass is 374 g/mol. The van der Waals surface area contributed by atoms with Crippen molar-refractivity contribution in [2.24, 2.45) is 0 Å². The van der Waals surface area contributed by atoms with Crippen LogP contribution in [0.25, 0.3) is 0 Å². The van der Waals surface area contributed by atoms with E-state index in [1.807, 2.05) is 0 Å². The zero-order valence-electron chi connectivity index (χ0n) is 10.6. The summed E-state index contributed by atoms with van der Waals surface area (Å²) in [6.45, 7) is 0. The lowest BCUT2D eigenvalue weighted by Gasteiger charge is -2.31. The fourth-order valence-electron chi connectivity index (χ4n) is 1.87.